The molecule has 0 atom stereocenters. The molecule has 0 fully saturated rings. The van der Waals surface area contributed by atoms with E-state index in [9.17, 15) is 0 Å². The average molecular weight is 250 g/mol. The van der Waals surface area contributed by atoms with Crippen LogP contribution in [0.4, 0.5) is 0 Å². The van der Waals surface area contributed by atoms with E-state index in [1.165, 1.54) is 11.1 Å². The van der Waals surface area contributed by atoms with E-state index in [0.717, 1.165) is 39.4 Å². The number of rotatable bonds is 9. The van der Waals surface area contributed by atoms with Gasteiger partial charge in [0.1, 0.15) is 0 Å². The molecule has 0 saturated heterocycles. The molecule has 3 heteroatoms. The summed E-state index contributed by atoms with van der Waals surface area (Å²) in [7, 11) is 2.13. The molecule has 1 rings (SSSR count). The molecule has 18 heavy (non-hydrogen) atoms. The number of nitrogens with zero attached hydrogens (tertiary/aromatic N) is 1. The number of nitrogens with one attached hydrogen (secondary N) is 1. The largest absolute Gasteiger partial charge is 0.380 e. The summed E-state index contributed by atoms with van der Waals surface area (Å²) in [6.07, 6.45) is 0. The summed E-state index contributed by atoms with van der Waals surface area (Å²) >= 11 is 0. The molecule has 1 aromatic carbocycles. The Labute approximate surface area is 111 Å². The fourth-order valence-corrected chi connectivity index (χ4v) is 1.79. The molecule has 0 aromatic heterocycles. The van der Waals surface area contributed by atoms with Crippen molar-refractivity contribution in [3.8, 4) is 0 Å². The molecule has 0 unspecified atom stereocenters. The van der Waals surface area contributed by atoms with E-state index < -0.39 is 0 Å². The van der Waals surface area contributed by atoms with Gasteiger partial charge in [0.15, 0.2) is 0 Å². The Morgan fingerprint density at radius 2 is 1.78 bits per heavy atom. The molecule has 0 heterocycles. The van der Waals surface area contributed by atoms with Gasteiger partial charge in [-0.05, 0) is 31.6 Å². The van der Waals surface area contributed by atoms with Gasteiger partial charge in [-0.1, -0.05) is 31.2 Å². The molecule has 0 amide bonds. The predicted molar refractivity (Wildman–Crippen MR) is 76.6 cm³/mol. The molecule has 0 aliphatic heterocycles. The summed E-state index contributed by atoms with van der Waals surface area (Å²) in [6.45, 7) is 9.70. The van der Waals surface area contributed by atoms with E-state index in [2.05, 4.69) is 48.5 Å². The summed E-state index contributed by atoms with van der Waals surface area (Å²) in [6, 6.07) is 8.83. The van der Waals surface area contributed by atoms with Gasteiger partial charge in [-0.15, -0.1) is 0 Å². The van der Waals surface area contributed by atoms with Crippen molar-refractivity contribution < 1.29 is 4.74 Å². The lowest BCUT2D eigenvalue weighted by Crippen LogP contribution is -2.22. The maximum Gasteiger partial charge on any atom is 0.0593 e. The molecule has 1 aromatic rings. The fourth-order valence-electron chi connectivity index (χ4n) is 1.79. The lowest BCUT2D eigenvalue weighted by atomic mass is 10.1. The van der Waals surface area contributed by atoms with E-state index in [1.54, 1.807) is 0 Å². The van der Waals surface area contributed by atoms with Crippen LogP contribution in [0.5, 0.6) is 0 Å². The van der Waals surface area contributed by atoms with E-state index in [-0.39, 0.29) is 0 Å². The first kappa shape index (κ1) is 15.2. The van der Waals surface area contributed by atoms with Gasteiger partial charge in [0, 0.05) is 26.2 Å². The molecular weight excluding hydrogens is 224 g/mol. The minimum Gasteiger partial charge on any atom is -0.380 e. The molecule has 1 N–H and O–H groups in total. The van der Waals surface area contributed by atoms with E-state index in [0.29, 0.717) is 0 Å². The highest BCUT2D eigenvalue weighted by atomic mass is 16.5. The summed E-state index contributed by atoms with van der Waals surface area (Å²) in [4.78, 5) is 2.29. The standard InChI is InChI=1S/C15H26N2O/c1-4-16-12-14-6-8-15(9-7-14)13-17(3)10-11-18-5-2/h6-9,16H,4-5,10-13H2,1-3H3. The van der Waals surface area contributed by atoms with E-state index in [1.807, 2.05) is 6.92 Å². The van der Waals surface area contributed by atoms with Crippen molar-refractivity contribution in [1.82, 2.24) is 10.2 Å². The zero-order valence-corrected chi connectivity index (χ0v) is 11.9. The summed E-state index contributed by atoms with van der Waals surface area (Å²) in [5.41, 5.74) is 2.70. The van der Waals surface area contributed by atoms with Crippen molar-refractivity contribution in [2.24, 2.45) is 0 Å². The van der Waals surface area contributed by atoms with Crippen LogP contribution in [0.1, 0.15) is 25.0 Å². The molecule has 0 bridgehead atoms. The summed E-state index contributed by atoms with van der Waals surface area (Å²) in [5, 5.41) is 3.33. The second-order valence-electron chi connectivity index (χ2n) is 4.53. The van der Waals surface area contributed by atoms with Gasteiger partial charge in [0.25, 0.3) is 0 Å². The van der Waals surface area contributed by atoms with Crippen molar-refractivity contribution >= 4 is 0 Å². The number of ether oxygens (including phenoxy) is 1. The number of benzene rings is 1. The molecule has 102 valence electrons. The van der Waals surface area contributed by atoms with Crippen LogP contribution >= 0.6 is 0 Å². The van der Waals surface area contributed by atoms with E-state index in [4.69, 9.17) is 4.74 Å². The molecule has 0 saturated carbocycles. The van der Waals surface area contributed by atoms with Gasteiger partial charge in [-0.25, -0.2) is 0 Å². The SMILES string of the molecule is CCNCc1ccc(CN(C)CCOCC)cc1. The Balaban J connectivity index is 2.33. The van der Waals surface area contributed by atoms with Crippen molar-refractivity contribution in [2.45, 2.75) is 26.9 Å². The van der Waals surface area contributed by atoms with Crippen LogP contribution in [0, 0.1) is 0 Å². The Kier molecular flexibility index (Phi) is 7.65. The Bertz CT molecular complexity index is 311. The van der Waals surface area contributed by atoms with Crippen LogP contribution < -0.4 is 5.32 Å². The highest BCUT2D eigenvalue weighted by Crippen LogP contribution is 2.06. The first-order chi connectivity index (χ1) is 8.76. The van der Waals surface area contributed by atoms with Crippen LogP contribution in [-0.2, 0) is 17.8 Å². The number of likely N-dealkylation sites (N-methyl/N-ethyl adjacent to an activating group) is 1. The Hall–Kier alpha value is -0.900. The third kappa shape index (κ3) is 6.15. The van der Waals surface area contributed by atoms with Crippen LogP contribution in [-0.4, -0.2) is 38.3 Å². The van der Waals surface area contributed by atoms with Crippen LogP contribution in [0.15, 0.2) is 24.3 Å². The fraction of sp³-hybridized carbons (Fsp3) is 0.600. The summed E-state index contributed by atoms with van der Waals surface area (Å²) in [5.74, 6) is 0. The highest BCUT2D eigenvalue weighted by molar-refractivity contribution is 5.22. The monoisotopic (exact) mass is 250 g/mol. The van der Waals surface area contributed by atoms with Gasteiger partial charge in [0.2, 0.25) is 0 Å². The second-order valence-corrected chi connectivity index (χ2v) is 4.53. The van der Waals surface area contributed by atoms with Crippen molar-refractivity contribution in [2.75, 3.05) is 33.4 Å². The van der Waals surface area contributed by atoms with Crippen LogP contribution in [0.3, 0.4) is 0 Å². The van der Waals surface area contributed by atoms with Crippen molar-refractivity contribution in [1.29, 1.82) is 0 Å². The minimum absolute atomic E-state index is 0.799. The first-order valence-electron chi connectivity index (χ1n) is 6.81. The molecule has 0 spiro atoms. The zero-order valence-electron chi connectivity index (χ0n) is 11.9. The molecule has 0 aliphatic rings. The lowest BCUT2D eigenvalue weighted by Gasteiger charge is -2.16. The molecule has 0 radical (unpaired) electrons. The smallest absolute Gasteiger partial charge is 0.0593 e. The Morgan fingerprint density at radius 3 is 2.39 bits per heavy atom. The van der Waals surface area contributed by atoms with Gasteiger partial charge in [-0.3, -0.25) is 4.90 Å². The maximum absolute atomic E-state index is 5.36. The zero-order chi connectivity index (χ0) is 13.2. The number of hydrogen-bond acceptors (Lipinski definition) is 3. The first-order valence-corrected chi connectivity index (χ1v) is 6.81. The molecular formula is C15H26N2O. The predicted octanol–water partition coefficient (Wildman–Crippen LogP) is 2.26. The Morgan fingerprint density at radius 1 is 1.11 bits per heavy atom. The third-order valence-corrected chi connectivity index (χ3v) is 2.88. The quantitative estimate of drug-likeness (QED) is 0.680. The van der Waals surface area contributed by atoms with Gasteiger partial charge in [0.05, 0.1) is 6.61 Å². The molecule has 0 aliphatic carbocycles. The maximum atomic E-state index is 5.36. The van der Waals surface area contributed by atoms with Crippen LogP contribution in [0.25, 0.3) is 0 Å². The van der Waals surface area contributed by atoms with Gasteiger partial charge < -0.3 is 10.1 Å². The van der Waals surface area contributed by atoms with Gasteiger partial charge >= 0.3 is 0 Å². The number of hydrogen-bond donors (Lipinski definition) is 1. The van der Waals surface area contributed by atoms with Crippen molar-refractivity contribution in [3.63, 3.8) is 0 Å². The van der Waals surface area contributed by atoms with Crippen LogP contribution in [0.2, 0.25) is 0 Å². The summed E-state index contributed by atoms with van der Waals surface area (Å²) < 4.78 is 5.36. The highest BCUT2D eigenvalue weighted by Gasteiger charge is 2.00. The average Bonchev–Trinajstić information content (AvgIpc) is 2.38. The topological polar surface area (TPSA) is 24.5 Å². The third-order valence-electron chi connectivity index (χ3n) is 2.88. The normalized spacial score (nSPS) is 11.1. The van der Waals surface area contributed by atoms with Gasteiger partial charge in [-0.2, -0.15) is 0 Å². The second kappa shape index (κ2) is 9.09. The lowest BCUT2D eigenvalue weighted by molar-refractivity contribution is 0.120. The van der Waals surface area contributed by atoms with E-state index >= 15 is 0 Å². The van der Waals surface area contributed by atoms with Crippen molar-refractivity contribution in [3.05, 3.63) is 35.4 Å². The molecule has 3 nitrogen and oxygen atoms in total. The minimum atomic E-state index is 0.799.